The lowest BCUT2D eigenvalue weighted by Crippen LogP contribution is -2.08. The van der Waals surface area contributed by atoms with Gasteiger partial charge in [-0.1, -0.05) is 0 Å². The lowest BCUT2D eigenvalue weighted by atomic mass is 10.1. The summed E-state index contributed by atoms with van der Waals surface area (Å²) in [7, 11) is 0. The second-order valence-electron chi connectivity index (χ2n) is 3.39. The summed E-state index contributed by atoms with van der Waals surface area (Å²) in [5.41, 5.74) is -0.00799. The minimum absolute atomic E-state index is 0.00799. The Morgan fingerprint density at radius 2 is 2.42 bits per heavy atom. The zero-order valence-corrected chi connectivity index (χ0v) is 6.81. The molecule has 0 spiro atoms. The Morgan fingerprint density at radius 1 is 1.58 bits per heavy atom. The number of rotatable bonds is 4. The standard InChI is InChI=1S/C8H11N3O/c12-5-8(1-2-8)3-4-11-7-9-6-10-11/h5-7H,1-4H2. The summed E-state index contributed by atoms with van der Waals surface area (Å²) in [5, 5.41) is 3.97. The van der Waals surface area contributed by atoms with Gasteiger partial charge in [0.1, 0.15) is 18.9 Å². The van der Waals surface area contributed by atoms with Crippen molar-refractivity contribution in [3.8, 4) is 0 Å². The molecule has 4 nitrogen and oxygen atoms in total. The van der Waals surface area contributed by atoms with E-state index in [2.05, 4.69) is 10.1 Å². The highest BCUT2D eigenvalue weighted by Crippen LogP contribution is 2.46. The van der Waals surface area contributed by atoms with Crippen molar-refractivity contribution in [3.05, 3.63) is 12.7 Å². The zero-order chi connectivity index (χ0) is 8.44. The number of hydrogen-bond acceptors (Lipinski definition) is 3. The van der Waals surface area contributed by atoms with Crippen LogP contribution in [0.25, 0.3) is 0 Å². The molecule has 1 aromatic rings. The van der Waals surface area contributed by atoms with E-state index in [4.69, 9.17) is 0 Å². The van der Waals surface area contributed by atoms with Crippen molar-refractivity contribution in [2.45, 2.75) is 25.8 Å². The van der Waals surface area contributed by atoms with Gasteiger partial charge in [0.25, 0.3) is 0 Å². The number of aromatic nitrogens is 3. The van der Waals surface area contributed by atoms with Gasteiger partial charge in [0.05, 0.1) is 0 Å². The second-order valence-corrected chi connectivity index (χ2v) is 3.39. The Balaban J connectivity index is 1.86. The van der Waals surface area contributed by atoms with Crippen molar-refractivity contribution >= 4 is 6.29 Å². The van der Waals surface area contributed by atoms with Crippen molar-refractivity contribution in [1.82, 2.24) is 14.8 Å². The van der Waals surface area contributed by atoms with Crippen molar-refractivity contribution in [2.75, 3.05) is 0 Å². The number of nitrogens with zero attached hydrogens (tertiary/aromatic N) is 3. The summed E-state index contributed by atoms with van der Waals surface area (Å²) in [6.07, 6.45) is 7.28. The van der Waals surface area contributed by atoms with Crippen LogP contribution in [0.15, 0.2) is 12.7 Å². The van der Waals surface area contributed by atoms with E-state index in [1.807, 2.05) is 0 Å². The van der Waals surface area contributed by atoms with Gasteiger partial charge >= 0.3 is 0 Å². The van der Waals surface area contributed by atoms with Gasteiger partial charge in [0.2, 0.25) is 0 Å². The Morgan fingerprint density at radius 3 is 2.92 bits per heavy atom. The molecule has 1 aliphatic carbocycles. The third kappa shape index (κ3) is 1.37. The van der Waals surface area contributed by atoms with Crippen LogP contribution in [-0.2, 0) is 11.3 Å². The van der Waals surface area contributed by atoms with Gasteiger partial charge in [-0.05, 0) is 19.3 Å². The Bertz CT molecular complexity index is 264. The van der Waals surface area contributed by atoms with Crippen LogP contribution in [-0.4, -0.2) is 21.1 Å². The quantitative estimate of drug-likeness (QED) is 0.615. The Hall–Kier alpha value is -1.19. The molecule has 0 N–H and O–H groups in total. The first-order valence-electron chi connectivity index (χ1n) is 4.13. The molecule has 0 aromatic carbocycles. The maximum absolute atomic E-state index is 10.6. The predicted octanol–water partition coefficient (Wildman–Crippen LogP) is 0.647. The third-order valence-electron chi connectivity index (χ3n) is 2.45. The average molecular weight is 165 g/mol. The molecule has 12 heavy (non-hydrogen) atoms. The molecule has 0 aliphatic heterocycles. The number of carbonyl (C=O) groups is 1. The SMILES string of the molecule is O=CC1(CCn2cncn2)CC1. The van der Waals surface area contributed by atoms with Gasteiger partial charge in [-0.2, -0.15) is 5.10 Å². The van der Waals surface area contributed by atoms with Gasteiger partial charge in [0, 0.05) is 12.0 Å². The number of carbonyl (C=O) groups excluding carboxylic acids is 1. The summed E-state index contributed by atoms with van der Waals surface area (Å²) >= 11 is 0. The van der Waals surface area contributed by atoms with E-state index in [0.717, 1.165) is 32.1 Å². The first-order chi connectivity index (χ1) is 5.85. The summed E-state index contributed by atoms with van der Waals surface area (Å²) in [4.78, 5) is 14.4. The smallest absolute Gasteiger partial charge is 0.137 e. The fourth-order valence-corrected chi connectivity index (χ4v) is 1.27. The van der Waals surface area contributed by atoms with Crippen LogP contribution in [0.1, 0.15) is 19.3 Å². The highest BCUT2D eigenvalue weighted by Gasteiger charge is 2.41. The van der Waals surface area contributed by atoms with Crippen LogP contribution in [0, 0.1) is 5.41 Å². The summed E-state index contributed by atoms with van der Waals surface area (Å²) < 4.78 is 1.77. The number of aldehydes is 1. The summed E-state index contributed by atoms with van der Waals surface area (Å²) in [6, 6.07) is 0. The maximum Gasteiger partial charge on any atom is 0.137 e. The van der Waals surface area contributed by atoms with Crippen LogP contribution in [0.2, 0.25) is 0 Å². The Kier molecular flexibility index (Phi) is 1.67. The summed E-state index contributed by atoms with van der Waals surface area (Å²) in [6.45, 7) is 0.804. The predicted molar refractivity (Wildman–Crippen MR) is 42.4 cm³/mol. The van der Waals surface area contributed by atoms with E-state index < -0.39 is 0 Å². The fourth-order valence-electron chi connectivity index (χ4n) is 1.27. The van der Waals surface area contributed by atoms with Crippen LogP contribution in [0.4, 0.5) is 0 Å². The van der Waals surface area contributed by atoms with Crippen LogP contribution in [0.5, 0.6) is 0 Å². The molecule has 1 aromatic heterocycles. The number of aryl methyl sites for hydroxylation is 1. The van der Waals surface area contributed by atoms with Gasteiger partial charge < -0.3 is 4.79 Å². The minimum atomic E-state index is -0.00799. The molecule has 0 saturated heterocycles. The molecule has 1 heterocycles. The molecule has 1 saturated carbocycles. The van der Waals surface area contributed by atoms with Crippen molar-refractivity contribution < 1.29 is 4.79 Å². The second kappa shape index (κ2) is 2.69. The first kappa shape index (κ1) is 7.46. The van der Waals surface area contributed by atoms with Gasteiger partial charge in [-0.3, -0.25) is 4.68 Å². The highest BCUT2D eigenvalue weighted by molar-refractivity contribution is 5.63. The first-order valence-corrected chi connectivity index (χ1v) is 4.13. The zero-order valence-electron chi connectivity index (χ0n) is 6.81. The van der Waals surface area contributed by atoms with Crippen molar-refractivity contribution in [1.29, 1.82) is 0 Å². The average Bonchev–Trinajstić information content (AvgIpc) is 2.70. The monoisotopic (exact) mass is 165 g/mol. The van der Waals surface area contributed by atoms with Gasteiger partial charge in [-0.15, -0.1) is 0 Å². The Labute approximate surface area is 70.6 Å². The van der Waals surface area contributed by atoms with E-state index in [0.29, 0.717) is 0 Å². The van der Waals surface area contributed by atoms with Gasteiger partial charge in [0.15, 0.2) is 0 Å². The van der Waals surface area contributed by atoms with Crippen LogP contribution in [0.3, 0.4) is 0 Å². The molecule has 4 heteroatoms. The van der Waals surface area contributed by atoms with Crippen LogP contribution < -0.4 is 0 Å². The van der Waals surface area contributed by atoms with E-state index in [9.17, 15) is 4.79 Å². The van der Waals surface area contributed by atoms with Crippen molar-refractivity contribution in [3.63, 3.8) is 0 Å². The largest absolute Gasteiger partial charge is 0.303 e. The van der Waals surface area contributed by atoms with Crippen molar-refractivity contribution in [2.24, 2.45) is 5.41 Å². The van der Waals surface area contributed by atoms with Crippen LogP contribution >= 0.6 is 0 Å². The highest BCUT2D eigenvalue weighted by atomic mass is 16.1. The van der Waals surface area contributed by atoms with E-state index in [-0.39, 0.29) is 5.41 Å². The van der Waals surface area contributed by atoms with Gasteiger partial charge in [-0.25, -0.2) is 4.98 Å². The molecule has 1 aliphatic rings. The fraction of sp³-hybridized carbons (Fsp3) is 0.625. The molecule has 0 unspecified atom stereocenters. The minimum Gasteiger partial charge on any atom is -0.303 e. The molecule has 0 radical (unpaired) electrons. The maximum atomic E-state index is 10.6. The molecule has 0 bridgehead atoms. The summed E-state index contributed by atoms with van der Waals surface area (Å²) in [5.74, 6) is 0. The third-order valence-corrected chi connectivity index (χ3v) is 2.45. The normalized spacial score (nSPS) is 19.0. The molecule has 0 amide bonds. The lowest BCUT2D eigenvalue weighted by Gasteiger charge is -2.04. The van der Waals surface area contributed by atoms with E-state index in [1.54, 1.807) is 11.0 Å². The topological polar surface area (TPSA) is 47.8 Å². The van der Waals surface area contributed by atoms with E-state index in [1.165, 1.54) is 6.33 Å². The molecule has 2 rings (SSSR count). The van der Waals surface area contributed by atoms with E-state index >= 15 is 0 Å². The molecular weight excluding hydrogens is 154 g/mol. The molecule has 0 atom stereocenters. The molecular formula is C8H11N3O. The molecule has 64 valence electrons. The lowest BCUT2D eigenvalue weighted by molar-refractivity contribution is -0.112. The molecule has 1 fully saturated rings. The number of hydrogen-bond donors (Lipinski definition) is 0.